The third-order valence-corrected chi connectivity index (χ3v) is 5.02. The number of hydrogen-bond donors (Lipinski definition) is 0. The molecule has 3 heterocycles. The van der Waals surface area contributed by atoms with E-state index in [1.165, 1.54) is 0 Å². The first-order chi connectivity index (χ1) is 12.7. The Bertz CT molecular complexity index is 702. The molecule has 0 bridgehead atoms. The van der Waals surface area contributed by atoms with E-state index < -0.39 is 24.7 Å². The Morgan fingerprint density at radius 2 is 1.89 bits per heavy atom. The van der Waals surface area contributed by atoms with Gasteiger partial charge in [0.25, 0.3) is 5.91 Å². The van der Waals surface area contributed by atoms with Crippen molar-refractivity contribution in [1.29, 1.82) is 0 Å². The van der Waals surface area contributed by atoms with Crippen LogP contribution in [-0.2, 0) is 4.79 Å². The van der Waals surface area contributed by atoms with Crippen LogP contribution in [0.3, 0.4) is 0 Å². The maximum atomic E-state index is 12.7. The van der Waals surface area contributed by atoms with Crippen molar-refractivity contribution < 1.29 is 22.8 Å². The van der Waals surface area contributed by atoms with Crippen molar-refractivity contribution >= 4 is 11.8 Å². The molecule has 0 N–H and O–H groups in total. The molecule has 0 spiro atoms. The normalized spacial score (nSPS) is 22.2. The lowest BCUT2D eigenvalue weighted by atomic mass is 10.0. The summed E-state index contributed by atoms with van der Waals surface area (Å²) in [5, 5.41) is 0. The summed E-state index contributed by atoms with van der Waals surface area (Å²) in [6.07, 6.45) is -3.27. The number of halogens is 3. The van der Waals surface area contributed by atoms with E-state index in [4.69, 9.17) is 0 Å². The molecule has 1 aromatic heterocycles. The Kier molecular flexibility index (Phi) is 5.69. The van der Waals surface area contributed by atoms with Crippen LogP contribution in [0.5, 0.6) is 0 Å². The van der Waals surface area contributed by atoms with E-state index >= 15 is 0 Å². The van der Waals surface area contributed by atoms with Crippen molar-refractivity contribution in [2.45, 2.75) is 32.0 Å². The molecule has 6 nitrogen and oxygen atoms in total. The van der Waals surface area contributed by atoms with Gasteiger partial charge in [0.2, 0.25) is 5.91 Å². The molecular weight excluding hydrogens is 361 g/mol. The van der Waals surface area contributed by atoms with Crippen molar-refractivity contribution in [2.75, 3.05) is 39.3 Å². The topological polar surface area (TPSA) is 56.8 Å². The van der Waals surface area contributed by atoms with Crippen molar-refractivity contribution in [3.63, 3.8) is 0 Å². The van der Waals surface area contributed by atoms with Gasteiger partial charge in [-0.1, -0.05) is 6.07 Å². The second-order valence-electron chi connectivity index (χ2n) is 7.03. The zero-order chi connectivity index (χ0) is 19.6. The summed E-state index contributed by atoms with van der Waals surface area (Å²) in [6.45, 7) is 2.55. The van der Waals surface area contributed by atoms with Gasteiger partial charge in [-0.3, -0.25) is 14.5 Å². The molecule has 2 aliphatic rings. The summed E-state index contributed by atoms with van der Waals surface area (Å²) in [4.78, 5) is 33.8. The lowest BCUT2D eigenvalue weighted by Gasteiger charge is -2.42. The second-order valence-corrected chi connectivity index (χ2v) is 7.03. The van der Waals surface area contributed by atoms with Crippen LogP contribution in [0.2, 0.25) is 0 Å². The highest BCUT2D eigenvalue weighted by molar-refractivity contribution is 5.92. The number of pyridine rings is 1. The minimum Gasteiger partial charge on any atom is -0.335 e. The summed E-state index contributed by atoms with van der Waals surface area (Å²) in [7, 11) is 0. The number of piperidine rings is 1. The van der Waals surface area contributed by atoms with Crippen LogP contribution < -0.4 is 0 Å². The Balaban J connectivity index is 1.58. The number of alkyl halides is 3. The molecule has 2 saturated heterocycles. The molecule has 9 heteroatoms. The molecule has 27 heavy (non-hydrogen) atoms. The van der Waals surface area contributed by atoms with Crippen molar-refractivity contribution in [3.8, 4) is 0 Å². The molecule has 2 fully saturated rings. The molecule has 0 unspecified atom stereocenters. The smallest absolute Gasteiger partial charge is 0.335 e. The highest BCUT2D eigenvalue weighted by atomic mass is 19.4. The van der Waals surface area contributed by atoms with E-state index in [1.807, 2.05) is 17.9 Å². The van der Waals surface area contributed by atoms with Gasteiger partial charge < -0.3 is 9.80 Å². The maximum Gasteiger partial charge on any atom is 0.406 e. The summed E-state index contributed by atoms with van der Waals surface area (Å²) < 4.78 is 38.0. The third-order valence-electron chi connectivity index (χ3n) is 5.02. The number of carbonyl (C=O) groups is 2. The number of aryl methyl sites for hydroxylation is 1. The quantitative estimate of drug-likeness (QED) is 0.796. The van der Waals surface area contributed by atoms with E-state index in [0.717, 1.165) is 10.6 Å². The Hall–Kier alpha value is -2.16. The summed E-state index contributed by atoms with van der Waals surface area (Å²) in [6, 6.07) is 4.73. The van der Waals surface area contributed by atoms with Gasteiger partial charge in [0.05, 0.1) is 6.04 Å². The molecule has 3 rings (SSSR count). The molecule has 0 radical (unpaired) electrons. The highest BCUT2D eigenvalue weighted by Crippen LogP contribution is 2.24. The molecule has 2 amide bonds. The van der Waals surface area contributed by atoms with E-state index in [-0.39, 0.29) is 12.5 Å². The molecule has 1 aromatic rings. The van der Waals surface area contributed by atoms with Gasteiger partial charge in [-0.15, -0.1) is 0 Å². The number of carbonyl (C=O) groups excluding carboxylic acids is 2. The predicted molar refractivity (Wildman–Crippen MR) is 92.1 cm³/mol. The summed E-state index contributed by atoms with van der Waals surface area (Å²) in [5.41, 5.74) is 1.14. The fourth-order valence-electron chi connectivity index (χ4n) is 3.69. The van der Waals surface area contributed by atoms with Crippen LogP contribution in [0.15, 0.2) is 18.2 Å². The van der Waals surface area contributed by atoms with Gasteiger partial charge in [0.1, 0.15) is 12.2 Å². The van der Waals surface area contributed by atoms with Crippen LogP contribution in [-0.4, -0.2) is 83.0 Å². The largest absolute Gasteiger partial charge is 0.406 e. The summed E-state index contributed by atoms with van der Waals surface area (Å²) >= 11 is 0. The lowest BCUT2D eigenvalue weighted by molar-refractivity contribution is -0.168. The molecule has 1 atom stereocenters. The molecule has 0 aliphatic carbocycles. The van der Waals surface area contributed by atoms with E-state index in [0.29, 0.717) is 44.7 Å². The number of rotatable bonds is 3. The monoisotopic (exact) mass is 384 g/mol. The van der Waals surface area contributed by atoms with Gasteiger partial charge in [0.15, 0.2) is 0 Å². The fraction of sp³-hybridized carbons (Fsp3) is 0.611. The van der Waals surface area contributed by atoms with Gasteiger partial charge in [-0.2, -0.15) is 13.2 Å². The molecule has 0 saturated carbocycles. The van der Waals surface area contributed by atoms with Crippen LogP contribution in [0.25, 0.3) is 0 Å². The number of hydrogen-bond acceptors (Lipinski definition) is 4. The zero-order valence-electron chi connectivity index (χ0n) is 15.2. The first kappa shape index (κ1) is 19.6. The van der Waals surface area contributed by atoms with Gasteiger partial charge in [-0.25, -0.2) is 4.98 Å². The van der Waals surface area contributed by atoms with Gasteiger partial charge in [-0.05, 0) is 31.9 Å². The molecule has 2 aliphatic heterocycles. The van der Waals surface area contributed by atoms with Gasteiger partial charge in [0, 0.05) is 38.4 Å². The standard InChI is InChI=1S/C18H23F3N4O2/c1-13-4-2-5-14(22-13)16(26)24-10-8-23(9-11-24)15-6-3-7-25(17(15)27)12-18(19,20)21/h2,4-5,15H,3,6-12H2,1H3/t15-/m0/s1. The van der Waals surface area contributed by atoms with Crippen LogP contribution in [0, 0.1) is 6.92 Å². The van der Waals surface area contributed by atoms with Crippen molar-refractivity contribution in [1.82, 2.24) is 19.7 Å². The Labute approximate surface area is 155 Å². The number of amides is 2. The number of piperazine rings is 1. The summed E-state index contributed by atoms with van der Waals surface area (Å²) in [5.74, 6) is -0.620. The van der Waals surface area contributed by atoms with E-state index in [1.54, 1.807) is 17.0 Å². The average molecular weight is 384 g/mol. The third kappa shape index (κ3) is 4.77. The predicted octanol–water partition coefficient (Wildman–Crippen LogP) is 1.70. The SMILES string of the molecule is Cc1cccc(C(=O)N2CCN([C@H]3CCCN(CC(F)(F)F)C3=O)CC2)n1. The Morgan fingerprint density at radius 3 is 2.52 bits per heavy atom. The minimum absolute atomic E-state index is 0.145. The fourth-order valence-corrected chi connectivity index (χ4v) is 3.69. The average Bonchev–Trinajstić information content (AvgIpc) is 2.62. The lowest BCUT2D eigenvalue weighted by Crippen LogP contribution is -2.59. The van der Waals surface area contributed by atoms with Crippen LogP contribution in [0.4, 0.5) is 13.2 Å². The first-order valence-electron chi connectivity index (χ1n) is 9.07. The number of nitrogens with zero attached hydrogens (tertiary/aromatic N) is 4. The minimum atomic E-state index is -4.39. The van der Waals surface area contributed by atoms with E-state index in [9.17, 15) is 22.8 Å². The first-order valence-corrected chi connectivity index (χ1v) is 9.07. The van der Waals surface area contributed by atoms with Crippen molar-refractivity contribution in [2.24, 2.45) is 0 Å². The zero-order valence-corrected chi connectivity index (χ0v) is 15.2. The molecule has 148 valence electrons. The maximum absolute atomic E-state index is 12.7. The van der Waals surface area contributed by atoms with Crippen LogP contribution >= 0.6 is 0 Å². The van der Waals surface area contributed by atoms with E-state index in [2.05, 4.69) is 4.98 Å². The second kappa shape index (κ2) is 7.84. The van der Waals surface area contributed by atoms with Crippen molar-refractivity contribution in [3.05, 3.63) is 29.6 Å². The van der Waals surface area contributed by atoms with Gasteiger partial charge >= 0.3 is 6.18 Å². The number of aromatic nitrogens is 1. The molecular formula is C18H23F3N4O2. The molecule has 0 aromatic carbocycles. The number of likely N-dealkylation sites (tertiary alicyclic amines) is 1. The Morgan fingerprint density at radius 1 is 1.19 bits per heavy atom. The highest BCUT2D eigenvalue weighted by Gasteiger charge is 2.40. The van der Waals surface area contributed by atoms with Crippen LogP contribution in [0.1, 0.15) is 29.0 Å².